The Morgan fingerprint density at radius 2 is 2.41 bits per heavy atom. The molecular weight excluding hydrogens is 280 g/mol. The first kappa shape index (κ1) is 12.7. The minimum atomic E-state index is 0.298. The highest BCUT2D eigenvalue weighted by atomic mass is 79.9. The number of aromatic nitrogens is 1. The lowest BCUT2D eigenvalue weighted by molar-refractivity contribution is -0.118. The number of carbonyl (C=O) groups is 1. The summed E-state index contributed by atoms with van der Waals surface area (Å²) in [4.78, 5) is 16.0. The molecule has 0 bridgehead atoms. The smallest absolute Gasteiger partial charge is 0.138 e. The Hall–Kier alpha value is -0.740. The van der Waals surface area contributed by atoms with Gasteiger partial charge in [-0.3, -0.25) is 9.78 Å². The van der Waals surface area contributed by atoms with Gasteiger partial charge in [0.25, 0.3) is 0 Å². The number of pyridine rings is 1. The van der Waals surface area contributed by atoms with Crippen molar-refractivity contribution in [2.45, 2.75) is 25.7 Å². The van der Waals surface area contributed by atoms with Gasteiger partial charge in [-0.15, -0.1) is 0 Å². The van der Waals surface area contributed by atoms with Crippen LogP contribution in [0.5, 0.6) is 0 Å². The normalized spacial score (nSPS) is 19.5. The van der Waals surface area contributed by atoms with Crippen molar-refractivity contribution in [2.24, 2.45) is 5.92 Å². The van der Waals surface area contributed by atoms with Crippen LogP contribution in [0.4, 0.5) is 0 Å². The summed E-state index contributed by atoms with van der Waals surface area (Å²) in [6, 6.07) is 3.83. The van der Waals surface area contributed by atoms with Gasteiger partial charge in [0.1, 0.15) is 5.78 Å². The molecule has 0 radical (unpaired) electrons. The molecule has 2 rings (SSSR count). The first-order valence-corrected chi connectivity index (χ1v) is 6.86. The predicted molar refractivity (Wildman–Crippen MR) is 70.9 cm³/mol. The van der Waals surface area contributed by atoms with Gasteiger partial charge in [-0.25, -0.2) is 0 Å². The van der Waals surface area contributed by atoms with Gasteiger partial charge in [0.05, 0.1) is 0 Å². The average Bonchev–Trinajstić information content (AvgIpc) is 2.83. The van der Waals surface area contributed by atoms with E-state index in [2.05, 4.69) is 26.2 Å². The molecule has 1 aliphatic rings. The van der Waals surface area contributed by atoms with Crippen LogP contribution in [0, 0.1) is 5.92 Å². The van der Waals surface area contributed by atoms with E-state index in [1.54, 1.807) is 6.20 Å². The van der Waals surface area contributed by atoms with Crippen molar-refractivity contribution in [3.8, 4) is 0 Å². The summed E-state index contributed by atoms with van der Waals surface area (Å²) >= 11 is 3.33. The van der Waals surface area contributed by atoms with Crippen LogP contribution >= 0.6 is 15.9 Å². The summed E-state index contributed by atoms with van der Waals surface area (Å²) in [6.07, 6.45) is 5.12. The van der Waals surface area contributed by atoms with Gasteiger partial charge in [0.15, 0.2) is 0 Å². The van der Waals surface area contributed by atoms with Crippen molar-refractivity contribution < 1.29 is 4.79 Å². The lowest BCUT2D eigenvalue weighted by Crippen LogP contribution is -2.11. The van der Waals surface area contributed by atoms with Crippen molar-refractivity contribution >= 4 is 21.7 Å². The quantitative estimate of drug-likeness (QED) is 0.907. The third kappa shape index (κ3) is 4.21. The van der Waals surface area contributed by atoms with Crippen LogP contribution in [0.15, 0.2) is 22.8 Å². The fourth-order valence-electron chi connectivity index (χ4n) is 2.13. The van der Waals surface area contributed by atoms with Crippen molar-refractivity contribution in [3.05, 3.63) is 28.5 Å². The van der Waals surface area contributed by atoms with Crippen LogP contribution in [0.2, 0.25) is 0 Å². The summed E-state index contributed by atoms with van der Waals surface area (Å²) in [7, 11) is 0. The summed E-state index contributed by atoms with van der Waals surface area (Å²) in [6.45, 7) is 2.18. The fraction of sp³-hybridized carbons (Fsp3) is 0.538. The average molecular weight is 297 g/mol. The Morgan fingerprint density at radius 1 is 1.53 bits per heavy atom. The molecule has 1 aliphatic heterocycles. The van der Waals surface area contributed by atoms with Crippen molar-refractivity contribution in [1.82, 2.24) is 10.3 Å². The number of nitrogens with zero attached hydrogens (tertiary/aromatic N) is 1. The first-order valence-electron chi connectivity index (χ1n) is 6.07. The minimum absolute atomic E-state index is 0.298. The molecule has 0 saturated carbocycles. The molecule has 4 heteroatoms. The van der Waals surface area contributed by atoms with Gasteiger partial charge in [-0.1, -0.05) is 0 Å². The summed E-state index contributed by atoms with van der Waals surface area (Å²) < 4.78 is 0.950. The third-order valence-electron chi connectivity index (χ3n) is 3.16. The molecule has 1 aromatic heterocycles. The second kappa shape index (κ2) is 6.26. The Bertz CT molecular complexity index is 372. The van der Waals surface area contributed by atoms with Gasteiger partial charge >= 0.3 is 0 Å². The minimum Gasteiger partial charge on any atom is -0.316 e. The summed E-state index contributed by atoms with van der Waals surface area (Å²) in [5.74, 6) is 0.989. The van der Waals surface area contributed by atoms with E-state index in [0.717, 1.165) is 29.7 Å². The lowest BCUT2D eigenvalue weighted by atomic mass is 9.99. The highest BCUT2D eigenvalue weighted by Crippen LogP contribution is 2.15. The second-order valence-corrected chi connectivity index (χ2v) is 5.50. The predicted octanol–water partition coefficient (Wildman–Crippen LogP) is 2.35. The number of rotatable bonds is 5. The van der Waals surface area contributed by atoms with Crippen LogP contribution < -0.4 is 5.32 Å². The number of hydrogen-bond donors (Lipinski definition) is 1. The Kier molecular flexibility index (Phi) is 4.68. The maximum atomic E-state index is 11.8. The molecule has 0 amide bonds. The largest absolute Gasteiger partial charge is 0.316 e. The maximum absolute atomic E-state index is 11.8. The molecule has 1 N–H and O–H groups in total. The molecule has 0 spiro atoms. The van der Waals surface area contributed by atoms with E-state index in [9.17, 15) is 4.79 Å². The zero-order valence-electron chi connectivity index (χ0n) is 9.79. The fourth-order valence-corrected chi connectivity index (χ4v) is 2.36. The highest BCUT2D eigenvalue weighted by molar-refractivity contribution is 9.10. The van der Waals surface area contributed by atoms with Crippen molar-refractivity contribution in [2.75, 3.05) is 13.1 Å². The standard InChI is InChI=1S/C13H17BrN2O/c14-11-2-3-12(16-9-11)7-13(17)4-1-10-5-6-15-8-10/h2-3,9-10,15H,1,4-8H2. The monoisotopic (exact) mass is 296 g/mol. The van der Waals surface area contributed by atoms with Crippen molar-refractivity contribution in [1.29, 1.82) is 0 Å². The zero-order valence-corrected chi connectivity index (χ0v) is 11.4. The Labute approximate surface area is 110 Å². The molecule has 1 unspecified atom stereocenters. The Balaban J connectivity index is 1.74. The number of carbonyl (C=O) groups excluding carboxylic acids is 1. The van der Waals surface area contributed by atoms with Gasteiger partial charge < -0.3 is 5.32 Å². The third-order valence-corrected chi connectivity index (χ3v) is 3.63. The number of nitrogens with one attached hydrogen (secondary N) is 1. The van der Waals surface area contributed by atoms with E-state index in [0.29, 0.717) is 24.5 Å². The van der Waals surface area contributed by atoms with Crippen molar-refractivity contribution in [3.63, 3.8) is 0 Å². The number of hydrogen-bond acceptors (Lipinski definition) is 3. The Morgan fingerprint density at radius 3 is 3.06 bits per heavy atom. The molecule has 3 nitrogen and oxygen atoms in total. The SMILES string of the molecule is O=C(CCC1CCNC1)Cc1ccc(Br)cn1. The van der Waals surface area contributed by atoms with E-state index in [1.807, 2.05) is 12.1 Å². The molecule has 1 saturated heterocycles. The molecular formula is C13H17BrN2O. The van der Waals surface area contributed by atoms with Crippen LogP contribution in [-0.2, 0) is 11.2 Å². The van der Waals surface area contributed by atoms with E-state index >= 15 is 0 Å². The number of halogens is 1. The number of Topliss-reactive ketones (excluding diaryl/α,β-unsaturated/α-hetero) is 1. The number of ketones is 1. The molecule has 1 atom stereocenters. The van der Waals surface area contributed by atoms with Crippen LogP contribution in [-0.4, -0.2) is 23.9 Å². The molecule has 1 fully saturated rings. The van der Waals surface area contributed by atoms with E-state index in [1.165, 1.54) is 6.42 Å². The first-order chi connectivity index (χ1) is 8.24. The lowest BCUT2D eigenvalue weighted by Gasteiger charge is -2.06. The van der Waals surface area contributed by atoms with E-state index in [-0.39, 0.29) is 0 Å². The zero-order chi connectivity index (χ0) is 12.1. The van der Waals surface area contributed by atoms with Gasteiger partial charge in [0.2, 0.25) is 0 Å². The molecule has 2 heterocycles. The topological polar surface area (TPSA) is 42.0 Å². The van der Waals surface area contributed by atoms with E-state index in [4.69, 9.17) is 0 Å². The van der Waals surface area contributed by atoms with E-state index < -0.39 is 0 Å². The van der Waals surface area contributed by atoms with Gasteiger partial charge in [-0.05, 0) is 59.9 Å². The summed E-state index contributed by atoms with van der Waals surface area (Å²) in [5, 5.41) is 3.32. The van der Waals surface area contributed by atoms with Crippen LogP contribution in [0.3, 0.4) is 0 Å². The van der Waals surface area contributed by atoms with Gasteiger partial charge in [-0.2, -0.15) is 0 Å². The van der Waals surface area contributed by atoms with Gasteiger partial charge in [0, 0.05) is 29.2 Å². The molecule has 0 aliphatic carbocycles. The molecule has 17 heavy (non-hydrogen) atoms. The molecule has 1 aromatic rings. The maximum Gasteiger partial charge on any atom is 0.138 e. The molecule has 92 valence electrons. The summed E-state index contributed by atoms with van der Waals surface area (Å²) in [5.41, 5.74) is 0.864. The van der Waals surface area contributed by atoms with Crippen LogP contribution in [0.1, 0.15) is 25.0 Å². The van der Waals surface area contributed by atoms with Crippen LogP contribution in [0.25, 0.3) is 0 Å². The molecule has 0 aromatic carbocycles. The second-order valence-electron chi connectivity index (χ2n) is 4.58. The highest BCUT2D eigenvalue weighted by Gasteiger charge is 2.15.